The number of fused-ring (bicyclic) bond motifs is 1. The molecule has 3 N–H and O–H groups in total. The number of carbonyl (C=O) groups excluding carboxylic acids is 1. The third-order valence-electron chi connectivity index (χ3n) is 4.21. The fourth-order valence-corrected chi connectivity index (χ4v) is 3.25. The van der Waals surface area contributed by atoms with Gasteiger partial charge in [-0.15, -0.1) is 0 Å². The molecule has 1 amide bonds. The number of anilines is 2. The minimum absolute atomic E-state index is 0.147. The number of nitrogens with one attached hydrogen (secondary N) is 1. The molecule has 18 heavy (non-hydrogen) atoms. The Labute approximate surface area is 107 Å². The molecule has 0 aliphatic heterocycles. The summed E-state index contributed by atoms with van der Waals surface area (Å²) in [6.45, 7) is 0. The molecule has 2 unspecified atom stereocenters. The van der Waals surface area contributed by atoms with E-state index in [0.717, 1.165) is 5.69 Å². The first-order valence-corrected chi connectivity index (χ1v) is 6.45. The van der Waals surface area contributed by atoms with Crippen molar-refractivity contribution in [2.24, 2.45) is 17.8 Å². The predicted molar refractivity (Wildman–Crippen MR) is 70.4 cm³/mol. The molecule has 2 saturated carbocycles. The van der Waals surface area contributed by atoms with E-state index in [1.54, 1.807) is 19.2 Å². The van der Waals surface area contributed by atoms with Gasteiger partial charge in [0.1, 0.15) is 5.75 Å². The van der Waals surface area contributed by atoms with Gasteiger partial charge in [0.05, 0.1) is 12.8 Å². The number of nitrogen functional groups attached to an aromatic ring is 1. The van der Waals surface area contributed by atoms with Crippen molar-refractivity contribution >= 4 is 17.3 Å². The molecule has 2 aliphatic rings. The summed E-state index contributed by atoms with van der Waals surface area (Å²) in [6.07, 6.45) is 3.72. The number of ether oxygens (including phenoxy) is 1. The lowest BCUT2D eigenvalue weighted by Crippen LogP contribution is -2.16. The van der Waals surface area contributed by atoms with Gasteiger partial charge in [-0.3, -0.25) is 4.79 Å². The number of methoxy groups -OCH3 is 1. The molecule has 2 aliphatic carbocycles. The summed E-state index contributed by atoms with van der Waals surface area (Å²) in [7, 11) is 1.58. The standard InChI is InChI=1S/C14H18N2O2/c1-18-12-6-5-8(7-11(12)15)16-14(17)13-9-3-2-4-10(9)13/h5-7,9-10,13H,2-4,15H2,1H3,(H,16,17). The Hall–Kier alpha value is -1.71. The molecule has 0 aromatic heterocycles. The molecule has 3 rings (SSSR count). The molecule has 2 fully saturated rings. The van der Waals surface area contributed by atoms with Crippen molar-refractivity contribution in [3.63, 3.8) is 0 Å². The maximum atomic E-state index is 12.1. The van der Waals surface area contributed by atoms with Crippen molar-refractivity contribution in [2.75, 3.05) is 18.2 Å². The molecule has 0 spiro atoms. The Morgan fingerprint density at radius 3 is 2.72 bits per heavy atom. The molecule has 4 nitrogen and oxygen atoms in total. The summed E-state index contributed by atoms with van der Waals surface area (Å²) >= 11 is 0. The molecular weight excluding hydrogens is 228 g/mol. The second-order valence-corrected chi connectivity index (χ2v) is 5.23. The first kappa shape index (κ1) is 11.4. The maximum Gasteiger partial charge on any atom is 0.228 e. The van der Waals surface area contributed by atoms with E-state index in [1.165, 1.54) is 19.3 Å². The number of rotatable bonds is 3. The highest BCUT2D eigenvalue weighted by Crippen LogP contribution is 2.57. The van der Waals surface area contributed by atoms with Crippen molar-refractivity contribution in [2.45, 2.75) is 19.3 Å². The summed E-state index contributed by atoms with van der Waals surface area (Å²) in [5.41, 5.74) is 7.12. The van der Waals surface area contributed by atoms with E-state index in [9.17, 15) is 4.79 Å². The van der Waals surface area contributed by atoms with E-state index in [4.69, 9.17) is 10.5 Å². The van der Waals surface area contributed by atoms with E-state index in [1.807, 2.05) is 6.07 Å². The fraction of sp³-hybridized carbons (Fsp3) is 0.500. The number of amides is 1. The number of benzene rings is 1. The third kappa shape index (κ3) is 1.82. The second-order valence-electron chi connectivity index (χ2n) is 5.23. The van der Waals surface area contributed by atoms with Gasteiger partial charge in [0.15, 0.2) is 0 Å². The highest BCUT2D eigenvalue weighted by Gasteiger charge is 2.56. The van der Waals surface area contributed by atoms with Crippen molar-refractivity contribution in [1.29, 1.82) is 0 Å². The largest absolute Gasteiger partial charge is 0.495 e. The highest BCUT2D eigenvalue weighted by atomic mass is 16.5. The van der Waals surface area contributed by atoms with Crippen LogP contribution in [0.3, 0.4) is 0 Å². The number of nitrogens with two attached hydrogens (primary N) is 1. The maximum absolute atomic E-state index is 12.1. The number of hydrogen-bond donors (Lipinski definition) is 2. The van der Waals surface area contributed by atoms with Crippen LogP contribution in [0, 0.1) is 17.8 Å². The number of hydrogen-bond acceptors (Lipinski definition) is 3. The Morgan fingerprint density at radius 1 is 1.39 bits per heavy atom. The molecule has 0 heterocycles. The first-order valence-electron chi connectivity index (χ1n) is 6.45. The molecule has 0 saturated heterocycles. The van der Waals surface area contributed by atoms with Crippen LogP contribution in [0.15, 0.2) is 18.2 Å². The van der Waals surface area contributed by atoms with Gasteiger partial charge < -0.3 is 15.8 Å². The van der Waals surface area contributed by atoms with Gasteiger partial charge >= 0.3 is 0 Å². The monoisotopic (exact) mass is 246 g/mol. The van der Waals surface area contributed by atoms with Crippen LogP contribution >= 0.6 is 0 Å². The Morgan fingerprint density at radius 2 is 2.11 bits per heavy atom. The zero-order chi connectivity index (χ0) is 12.7. The Bertz CT molecular complexity index is 477. The number of carbonyl (C=O) groups is 1. The summed E-state index contributed by atoms with van der Waals surface area (Å²) < 4.78 is 5.09. The van der Waals surface area contributed by atoms with Crippen LogP contribution < -0.4 is 15.8 Å². The van der Waals surface area contributed by atoms with Gasteiger partial charge in [-0.1, -0.05) is 6.42 Å². The molecule has 96 valence electrons. The Balaban J connectivity index is 1.66. The van der Waals surface area contributed by atoms with E-state index in [0.29, 0.717) is 23.3 Å². The SMILES string of the molecule is COc1ccc(NC(=O)C2C3CCCC32)cc1N. The average Bonchev–Trinajstić information content (AvgIpc) is 2.84. The molecule has 1 aromatic carbocycles. The zero-order valence-corrected chi connectivity index (χ0v) is 10.5. The van der Waals surface area contributed by atoms with E-state index in [2.05, 4.69) is 5.32 Å². The summed E-state index contributed by atoms with van der Waals surface area (Å²) in [4.78, 5) is 12.1. The normalized spacial score (nSPS) is 28.6. The van der Waals surface area contributed by atoms with Crippen LogP contribution in [-0.2, 0) is 4.79 Å². The van der Waals surface area contributed by atoms with Crippen LogP contribution in [0.2, 0.25) is 0 Å². The lowest BCUT2D eigenvalue weighted by atomic mass is 10.1. The van der Waals surface area contributed by atoms with Gasteiger partial charge in [0.2, 0.25) is 5.91 Å². The van der Waals surface area contributed by atoms with E-state index < -0.39 is 0 Å². The molecule has 4 heteroatoms. The van der Waals surface area contributed by atoms with Crippen molar-refractivity contribution in [1.82, 2.24) is 0 Å². The first-order chi connectivity index (χ1) is 8.70. The smallest absolute Gasteiger partial charge is 0.228 e. The second kappa shape index (κ2) is 4.19. The lowest BCUT2D eigenvalue weighted by Gasteiger charge is -2.09. The van der Waals surface area contributed by atoms with Crippen LogP contribution in [0.1, 0.15) is 19.3 Å². The van der Waals surface area contributed by atoms with Gasteiger partial charge in [0, 0.05) is 11.6 Å². The summed E-state index contributed by atoms with van der Waals surface area (Å²) in [5.74, 6) is 2.30. The van der Waals surface area contributed by atoms with Crippen molar-refractivity contribution in [3.8, 4) is 5.75 Å². The average molecular weight is 246 g/mol. The highest BCUT2D eigenvalue weighted by molar-refractivity contribution is 5.95. The molecule has 1 aromatic rings. The zero-order valence-electron chi connectivity index (χ0n) is 10.5. The fourth-order valence-electron chi connectivity index (χ4n) is 3.25. The van der Waals surface area contributed by atoms with E-state index >= 15 is 0 Å². The lowest BCUT2D eigenvalue weighted by molar-refractivity contribution is -0.118. The van der Waals surface area contributed by atoms with Gasteiger partial charge in [0.25, 0.3) is 0 Å². The van der Waals surface area contributed by atoms with Crippen LogP contribution in [-0.4, -0.2) is 13.0 Å². The van der Waals surface area contributed by atoms with Crippen LogP contribution in [0.5, 0.6) is 5.75 Å². The third-order valence-corrected chi connectivity index (χ3v) is 4.21. The molecule has 0 radical (unpaired) electrons. The summed E-state index contributed by atoms with van der Waals surface area (Å²) in [6, 6.07) is 5.35. The quantitative estimate of drug-likeness (QED) is 0.804. The predicted octanol–water partition coefficient (Wildman–Crippen LogP) is 2.26. The topological polar surface area (TPSA) is 64.3 Å². The minimum Gasteiger partial charge on any atom is -0.495 e. The van der Waals surface area contributed by atoms with E-state index in [-0.39, 0.29) is 11.8 Å². The van der Waals surface area contributed by atoms with Crippen LogP contribution in [0.25, 0.3) is 0 Å². The van der Waals surface area contributed by atoms with Gasteiger partial charge in [-0.05, 0) is 42.9 Å². The molecule has 2 atom stereocenters. The Kier molecular flexibility index (Phi) is 2.65. The minimum atomic E-state index is 0.147. The van der Waals surface area contributed by atoms with Crippen molar-refractivity contribution in [3.05, 3.63) is 18.2 Å². The molecular formula is C14H18N2O2. The molecule has 0 bridgehead atoms. The summed E-state index contributed by atoms with van der Waals surface area (Å²) in [5, 5.41) is 2.95. The van der Waals surface area contributed by atoms with Crippen molar-refractivity contribution < 1.29 is 9.53 Å². The van der Waals surface area contributed by atoms with Crippen LogP contribution in [0.4, 0.5) is 11.4 Å². The van der Waals surface area contributed by atoms with Gasteiger partial charge in [-0.2, -0.15) is 0 Å². The van der Waals surface area contributed by atoms with Gasteiger partial charge in [-0.25, -0.2) is 0 Å².